The van der Waals surface area contributed by atoms with E-state index in [2.05, 4.69) is 10.6 Å². The number of carbonyl (C=O) groups is 2. The van der Waals surface area contributed by atoms with E-state index in [1.54, 1.807) is 37.6 Å². The maximum Gasteiger partial charge on any atom is 0.252 e. The number of fused-ring (bicyclic) bond motifs is 1. The van der Waals surface area contributed by atoms with Gasteiger partial charge in [-0.05, 0) is 29.8 Å². The molecule has 6 heteroatoms. The van der Waals surface area contributed by atoms with Gasteiger partial charge in [0.2, 0.25) is 5.91 Å². The molecule has 0 fully saturated rings. The van der Waals surface area contributed by atoms with Gasteiger partial charge in [-0.2, -0.15) is 0 Å². The number of methoxy groups -OCH3 is 1. The molecule has 2 amide bonds. The topological polar surface area (TPSA) is 80.6 Å². The van der Waals surface area contributed by atoms with Crippen molar-refractivity contribution in [3.63, 3.8) is 0 Å². The van der Waals surface area contributed by atoms with E-state index in [-0.39, 0.29) is 24.3 Å². The lowest BCUT2D eigenvalue weighted by atomic mass is 10.0. The third kappa shape index (κ3) is 2.81. The van der Waals surface area contributed by atoms with Crippen LogP contribution in [-0.2, 0) is 11.3 Å². The number of ether oxygens (including phenoxy) is 1. The highest BCUT2D eigenvalue weighted by molar-refractivity contribution is 6.00. The Bertz CT molecular complexity index is 694. The van der Waals surface area contributed by atoms with Crippen molar-refractivity contribution in [1.82, 2.24) is 10.6 Å². The molecule has 6 nitrogen and oxygen atoms in total. The van der Waals surface area contributed by atoms with Crippen molar-refractivity contribution in [2.45, 2.75) is 19.0 Å². The molecular weight excluding hydrogens is 284 g/mol. The van der Waals surface area contributed by atoms with Crippen molar-refractivity contribution in [3.05, 3.63) is 53.5 Å². The fourth-order valence-electron chi connectivity index (χ4n) is 2.49. The van der Waals surface area contributed by atoms with Crippen LogP contribution in [0.3, 0.4) is 0 Å². The van der Waals surface area contributed by atoms with E-state index in [1.165, 1.54) is 0 Å². The average Bonchev–Trinajstić information content (AvgIpc) is 3.14. The maximum atomic E-state index is 12.0. The Labute approximate surface area is 127 Å². The number of hydrogen-bond acceptors (Lipinski definition) is 4. The number of benzene rings is 1. The number of carbonyl (C=O) groups excluding carboxylic acids is 2. The maximum absolute atomic E-state index is 12.0. The summed E-state index contributed by atoms with van der Waals surface area (Å²) in [7, 11) is 1.55. The second-order valence-corrected chi connectivity index (χ2v) is 5.04. The minimum atomic E-state index is -0.315. The molecule has 0 bridgehead atoms. The second-order valence-electron chi connectivity index (χ2n) is 5.04. The molecule has 1 atom stereocenters. The molecule has 3 rings (SSSR count). The number of nitrogens with one attached hydrogen (secondary N) is 2. The van der Waals surface area contributed by atoms with Gasteiger partial charge < -0.3 is 19.8 Å². The zero-order valence-corrected chi connectivity index (χ0v) is 12.1. The molecule has 2 N–H and O–H groups in total. The third-order valence-corrected chi connectivity index (χ3v) is 3.62. The fourth-order valence-corrected chi connectivity index (χ4v) is 2.49. The number of hydrogen-bond donors (Lipinski definition) is 2. The molecule has 22 heavy (non-hydrogen) atoms. The van der Waals surface area contributed by atoms with Crippen LogP contribution >= 0.6 is 0 Å². The summed E-state index contributed by atoms with van der Waals surface area (Å²) >= 11 is 0. The van der Waals surface area contributed by atoms with Crippen molar-refractivity contribution in [3.8, 4) is 5.75 Å². The summed E-state index contributed by atoms with van der Waals surface area (Å²) in [5, 5.41) is 5.59. The van der Waals surface area contributed by atoms with Crippen molar-refractivity contribution in [1.29, 1.82) is 0 Å². The van der Waals surface area contributed by atoms with Gasteiger partial charge in [-0.3, -0.25) is 9.59 Å². The monoisotopic (exact) mass is 300 g/mol. The van der Waals surface area contributed by atoms with Crippen molar-refractivity contribution >= 4 is 11.8 Å². The lowest BCUT2D eigenvalue weighted by Crippen LogP contribution is -2.28. The van der Waals surface area contributed by atoms with Gasteiger partial charge in [0.05, 0.1) is 32.4 Å². The zero-order chi connectivity index (χ0) is 15.5. The van der Waals surface area contributed by atoms with E-state index in [9.17, 15) is 9.59 Å². The molecule has 0 aliphatic carbocycles. The van der Waals surface area contributed by atoms with E-state index >= 15 is 0 Å². The molecule has 114 valence electrons. The number of rotatable bonds is 5. The molecule has 1 aliphatic rings. The molecule has 0 saturated carbocycles. The summed E-state index contributed by atoms with van der Waals surface area (Å²) in [4.78, 5) is 24.0. The van der Waals surface area contributed by atoms with Crippen LogP contribution in [0, 0.1) is 0 Å². The zero-order valence-electron chi connectivity index (χ0n) is 12.1. The van der Waals surface area contributed by atoms with E-state index in [0.29, 0.717) is 23.6 Å². The van der Waals surface area contributed by atoms with Gasteiger partial charge in [0.1, 0.15) is 11.5 Å². The van der Waals surface area contributed by atoms with Gasteiger partial charge in [-0.1, -0.05) is 6.07 Å². The molecule has 0 saturated heterocycles. The highest BCUT2D eigenvalue weighted by Gasteiger charge is 2.30. The number of furan rings is 1. The summed E-state index contributed by atoms with van der Waals surface area (Å²) in [6, 6.07) is 8.53. The highest BCUT2D eigenvalue weighted by Crippen LogP contribution is 2.30. The van der Waals surface area contributed by atoms with Crippen LogP contribution in [-0.4, -0.2) is 18.9 Å². The van der Waals surface area contributed by atoms with Crippen LogP contribution in [0.2, 0.25) is 0 Å². The van der Waals surface area contributed by atoms with Crippen LogP contribution < -0.4 is 15.4 Å². The van der Waals surface area contributed by atoms with E-state index in [1.807, 2.05) is 6.07 Å². The number of amides is 2. The SMILES string of the molecule is COc1ccc2c(c1)C(=O)N[C@@H]2CC(=O)NCc1ccco1. The predicted octanol–water partition coefficient (Wildman–Crippen LogP) is 1.78. The summed E-state index contributed by atoms with van der Waals surface area (Å²) in [6.45, 7) is 0.335. The summed E-state index contributed by atoms with van der Waals surface area (Å²) in [5.41, 5.74) is 1.38. The molecule has 2 heterocycles. The van der Waals surface area contributed by atoms with Gasteiger partial charge in [0, 0.05) is 5.56 Å². The Hall–Kier alpha value is -2.76. The third-order valence-electron chi connectivity index (χ3n) is 3.62. The van der Waals surface area contributed by atoms with Gasteiger partial charge in [-0.15, -0.1) is 0 Å². The molecule has 1 aliphatic heterocycles. The fraction of sp³-hybridized carbons (Fsp3) is 0.250. The molecule has 2 aromatic rings. The van der Waals surface area contributed by atoms with Gasteiger partial charge in [0.15, 0.2) is 0 Å². The Kier molecular flexibility index (Phi) is 3.82. The van der Waals surface area contributed by atoms with Crippen LogP contribution in [0.5, 0.6) is 5.75 Å². The van der Waals surface area contributed by atoms with Crippen LogP contribution in [0.15, 0.2) is 41.0 Å². The first kappa shape index (κ1) is 14.2. The molecule has 1 aromatic carbocycles. The van der Waals surface area contributed by atoms with Gasteiger partial charge >= 0.3 is 0 Å². The predicted molar refractivity (Wildman–Crippen MR) is 78.4 cm³/mol. The summed E-state index contributed by atoms with van der Waals surface area (Å²) < 4.78 is 10.3. The van der Waals surface area contributed by atoms with Gasteiger partial charge in [-0.25, -0.2) is 0 Å². The Morgan fingerprint density at radius 1 is 1.41 bits per heavy atom. The molecule has 0 spiro atoms. The first-order chi connectivity index (χ1) is 10.7. The summed E-state index contributed by atoms with van der Waals surface area (Å²) in [6.07, 6.45) is 1.74. The molecule has 1 aromatic heterocycles. The Morgan fingerprint density at radius 2 is 2.27 bits per heavy atom. The normalized spacial score (nSPS) is 16.0. The second kappa shape index (κ2) is 5.93. The molecule has 0 radical (unpaired) electrons. The molecular formula is C16H16N2O4. The summed E-state index contributed by atoms with van der Waals surface area (Å²) in [5.74, 6) is 0.980. The first-order valence-electron chi connectivity index (χ1n) is 6.95. The minimum Gasteiger partial charge on any atom is -0.497 e. The minimum absolute atomic E-state index is 0.148. The van der Waals surface area contributed by atoms with Crippen molar-refractivity contribution in [2.24, 2.45) is 0 Å². The van der Waals surface area contributed by atoms with Crippen molar-refractivity contribution < 1.29 is 18.7 Å². The highest BCUT2D eigenvalue weighted by atomic mass is 16.5. The lowest BCUT2D eigenvalue weighted by Gasteiger charge is -2.11. The average molecular weight is 300 g/mol. The standard InChI is InChI=1S/C16H16N2O4/c1-21-10-4-5-12-13(7-10)16(20)18-14(12)8-15(19)17-9-11-3-2-6-22-11/h2-7,14H,8-9H2,1H3,(H,17,19)(H,18,20)/t14-/m1/s1. The van der Waals surface area contributed by atoms with Crippen LogP contribution in [0.25, 0.3) is 0 Å². The smallest absolute Gasteiger partial charge is 0.252 e. The lowest BCUT2D eigenvalue weighted by molar-refractivity contribution is -0.121. The van der Waals surface area contributed by atoms with Gasteiger partial charge in [0.25, 0.3) is 5.91 Å². The Balaban J connectivity index is 1.65. The molecule has 0 unspecified atom stereocenters. The van der Waals surface area contributed by atoms with Crippen molar-refractivity contribution in [2.75, 3.05) is 7.11 Å². The quantitative estimate of drug-likeness (QED) is 0.882. The van der Waals surface area contributed by atoms with E-state index in [4.69, 9.17) is 9.15 Å². The van der Waals surface area contributed by atoms with E-state index in [0.717, 1.165) is 5.56 Å². The first-order valence-corrected chi connectivity index (χ1v) is 6.95. The van der Waals surface area contributed by atoms with Crippen LogP contribution in [0.4, 0.5) is 0 Å². The Morgan fingerprint density at radius 3 is 3.00 bits per heavy atom. The largest absolute Gasteiger partial charge is 0.497 e. The van der Waals surface area contributed by atoms with Crippen LogP contribution in [0.1, 0.15) is 34.1 Å². The van der Waals surface area contributed by atoms with E-state index < -0.39 is 0 Å².